The third-order valence-corrected chi connectivity index (χ3v) is 3.13. The van der Waals surface area contributed by atoms with Crippen molar-refractivity contribution in [2.24, 2.45) is 0 Å². The first-order valence-corrected chi connectivity index (χ1v) is 5.09. The van der Waals surface area contributed by atoms with Crippen LogP contribution in [0.1, 0.15) is 19.4 Å². The van der Waals surface area contributed by atoms with Gasteiger partial charge >= 0.3 is 0 Å². The summed E-state index contributed by atoms with van der Waals surface area (Å²) >= 11 is 0. The molecule has 2 heteroatoms. The Bertz CT molecular complexity index is 301. The second-order valence-corrected chi connectivity index (χ2v) is 4.48. The Morgan fingerprint density at radius 2 is 1.79 bits per heavy atom. The molecule has 1 N–H and O–H groups in total. The zero-order chi connectivity index (χ0) is 10.2. The Hall–Kier alpha value is -0.860. The van der Waals surface area contributed by atoms with Crippen molar-refractivity contribution in [2.45, 2.75) is 25.5 Å². The van der Waals surface area contributed by atoms with E-state index in [1.54, 1.807) is 0 Å². The summed E-state index contributed by atoms with van der Waals surface area (Å²) in [6.07, 6.45) is -0.127. The maximum Gasteiger partial charge on any atom is 0.0794 e. The van der Waals surface area contributed by atoms with E-state index in [4.69, 9.17) is 0 Å². The highest BCUT2D eigenvalue weighted by molar-refractivity contribution is 5.23. The number of aliphatic hydroxyl groups excluding tert-OH is 1. The zero-order valence-electron chi connectivity index (χ0n) is 8.77. The second kappa shape index (κ2) is 3.37. The Morgan fingerprint density at radius 1 is 1.21 bits per heavy atom. The number of hydrogen-bond donors (Lipinski definition) is 1. The summed E-state index contributed by atoms with van der Waals surface area (Å²) in [5, 5.41) is 9.29. The largest absolute Gasteiger partial charge is 0.390 e. The van der Waals surface area contributed by atoms with E-state index in [9.17, 15) is 5.11 Å². The fraction of sp³-hybridized carbons (Fsp3) is 0.500. The normalized spacial score (nSPS) is 19.4. The molecule has 1 aromatic carbocycles. The number of hydrogen-bond acceptors (Lipinski definition) is 2. The topological polar surface area (TPSA) is 23.5 Å². The van der Waals surface area contributed by atoms with Crippen LogP contribution in [0.25, 0.3) is 0 Å². The molecular formula is C12H17NO. The molecule has 0 aromatic heterocycles. The standard InChI is InChI=1S/C12H17NO/c1-12(2,13-8-11(14)9-13)10-6-4-3-5-7-10/h3-7,11,14H,8-9H2,1-2H3. The van der Waals surface area contributed by atoms with Crippen LogP contribution in [-0.2, 0) is 5.54 Å². The highest BCUT2D eigenvalue weighted by atomic mass is 16.3. The van der Waals surface area contributed by atoms with Crippen LogP contribution < -0.4 is 0 Å². The molecule has 0 atom stereocenters. The monoisotopic (exact) mass is 191 g/mol. The van der Waals surface area contributed by atoms with E-state index in [2.05, 4.69) is 43.0 Å². The molecule has 1 fully saturated rings. The Labute approximate surface area is 85.2 Å². The Kier molecular flexibility index (Phi) is 2.33. The molecule has 14 heavy (non-hydrogen) atoms. The Balaban J connectivity index is 2.16. The number of likely N-dealkylation sites (tertiary alicyclic amines) is 1. The van der Waals surface area contributed by atoms with E-state index in [0.29, 0.717) is 0 Å². The maximum atomic E-state index is 9.29. The van der Waals surface area contributed by atoms with Crippen LogP contribution in [0.15, 0.2) is 30.3 Å². The van der Waals surface area contributed by atoms with Crippen LogP contribution in [0.5, 0.6) is 0 Å². The summed E-state index contributed by atoms with van der Waals surface area (Å²) in [6.45, 7) is 5.99. The van der Waals surface area contributed by atoms with E-state index >= 15 is 0 Å². The van der Waals surface area contributed by atoms with Crippen molar-refractivity contribution in [3.05, 3.63) is 35.9 Å². The molecule has 1 aliphatic heterocycles. The van der Waals surface area contributed by atoms with Gasteiger partial charge in [-0.1, -0.05) is 30.3 Å². The predicted octanol–water partition coefficient (Wildman–Crippen LogP) is 1.60. The SMILES string of the molecule is CC(C)(c1ccccc1)N1CC(O)C1. The van der Waals surface area contributed by atoms with Crippen LogP contribution in [0, 0.1) is 0 Å². The van der Waals surface area contributed by atoms with E-state index < -0.39 is 0 Å². The lowest BCUT2D eigenvalue weighted by Crippen LogP contribution is -2.58. The first kappa shape index (κ1) is 9.69. The average molecular weight is 191 g/mol. The first-order valence-electron chi connectivity index (χ1n) is 5.09. The van der Waals surface area contributed by atoms with Crippen molar-refractivity contribution in [1.29, 1.82) is 0 Å². The second-order valence-electron chi connectivity index (χ2n) is 4.48. The molecule has 0 unspecified atom stereocenters. The van der Waals surface area contributed by atoms with Crippen molar-refractivity contribution in [1.82, 2.24) is 4.90 Å². The quantitative estimate of drug-likeness (QED) is 0.767. The summed E-state index contributed by atoms with van der Waals surface area (Å²) < 4.78 is 0. The van der Waals surface area contributed by atoms with E-state index in [-0.39, 0.29) is 11.6 Å². The summed E-state index contributed by atoms with van der Waals surface area (Å²) in [5.41, 5.74) is 1.35. The molecule has 0 aliphatic carbocycles. The third-order valence-electron chi connectivity index (χ3n) is 3.13. The van der Waals surface area contributed by atoms with Gasteiger partial charge in [0, 0.05) is 18.6 Å². The van der Waals surface area contributed by atoms with Gasteiger partial charge in [-0.2, -0.15) is 0 Å². The minimum atomic E-state index is -0.127. The van der Waals surface area contributed by atoms with Crippen molar-refractivity contribution in [3.63, 3.8) is 0 Å². The number of β-amino-alcohol motifs (C(OH)–C–C–N with tert-alkyl or cyclic N) is 1. The fourth-order valence-corrected chi connectivity index (χ4v) is 1.94. The third kappa shape index (κ3) is 1.56. The van der Waals surface area contributed by atoms with Crippen LogP contribution in [0.4, 0.5) is 0 Å². The molecule has 2 rings (SSSR count). The van der Waals surface area contributed by atoms with Crippen LogP contribution in [0.3, 0.4) is 0 Å². The summed E-state index contributed by atoms with van der Waals surface area (Å²) in [6, 6.07) is 10.4. The van der Waals surface area contributed by atoms with E-state index in [1.807, 2.05) is 6.07 Å². The Morgan fingerprint density at radius 3 is 2.29 bits per heavy atom. The molecule has 0 spiro atoms. The maximum absolute atomic E-state index is 9.29. The fourth-order valence-electron chi connectivity index (χ4n) is 1.94. The molecule has 76 valence electrons. The highest BCUT2D eigenvalue weighted by Crippen LogP contribution is 2.31. The van der Waals surface area contributed by atoms with E-state index in [0.717, 1.165) is 13.1 Å². The first-order chi connectivity index (χ1) is 6.60. The van der Waals surface area contributed by atoms with Crippen molar-refractivity contribution < 1.29 is 5.11 Å². The molecule has 0 saturated carbocycles. The van der Waals surface area contributed by atoms with Gasteiger partial charge in [0.05, 0.1) is 6.10 Å². The molecule has 1 saturated heterocycles. The molecule has 0 radical (unpaired) electrons. The minimum Gasteiger partial charge on any atom is -0.390 e. The van der Waals surface area contributed by atoms with Crippen LogP contribution in [0.2, 0.25) is 0 Å². The van der Waals surface area contributed by atoms with Gasteiger partial charge in [0.15, 0.2) is 0 Å². The number of benzene rings is 1. The van der Waals surface area contributed by atoms with Crippen LogP contribution >= 0.6 is 0 Å². The van der Waals surface area contributed by atoms with Gasteiger partial charge in [0.25, 0.3) is 0 Å². The lowest BCUT2D eigenvalue weighted by atomic mass is 9.89. The van der Waals surface area contributed by atoms with Gasteiger partial charge in [0.1, 0.15) is 0 Å². The van der Waals surface area contributed by atoms with Crippen molar-refractivity contribution in [2.75, 3.05) is 13.1 Å². The van der Waals surface area contributed by atoms with Gasteiger partial charge < -0.3 is 5.11 Å². The van der Waals surface area contributed by atoms with Gasteiger partial charge in [0.2, 0.25) is 0 Å². The molecule has 1 aromatic rings. The summed E-state index contributed by atoms with van der Waals surface area (Å²) in [7, 11) is 0. The number of nitrogens with zero attached hydrogens (tertiary/aromatic N) is 1. The summed E-state index contributed by atoms with van der Waals surface area (Å²) in [4.78, 5) is 2.30. The van der Waals surface area contributed by atoms with Gasteiger partial charge in [-0.15, -0.1) is 0 Å². The summed E-state index contributed by atoms with van der Waals surface area (Å²) in [5.74, 6) is 0. The molecule has 0 bridgehead atoms. The van der Waals surface area contributed by atoms with Crippen molar-refractivity contribution >= 4 is 0 Å². The number of aliphatic hydroxyl groups is 1. The smallest absolute Gasteiger partial charge is 0.0794 e. The van der Waals surface area contributed by atoms with E-state index in [1.165, 1.54) is 5.56 Å². The molecule has 0 amide bonds. The zero-order valence-corrected chi connectivity index (χ0v) is 8.77. The average Bonchev–Trinajstić information content (AvgIpc) is 2.14. The van der Waals surface area contributed by atoms with Crippen molar-refractivity contribution in [3.8, 4) is 0 Å². The lowest BCUT2D eigenvalue weighted by molar-refractivity contribution is -0.0574. The molecule has 1 heterocycles. The highest BCUT2D eigenvalue weighted by Gasteiger charge is 2.37. The predicted molar refractivity (Wildman–Crippen MR) is 57.0 cm³/mol. The van der Waals surface area contributed by atoms with Gasteiger partial charge in [-0.25, -0.2) is 0 Å². The molecule has 2 nitrogen and oxygen atoms in total. The lowest BCUT2D eigenvalue weighted by Gasteiger charge is -2.47. The van der Waals surface area contributed by atoms with Crippen LogP contribution in [-0.4, -0.2) is 29.2 Å². The number of rotatable bonds is 2. The molecular weight excluding hydrogens is 174 g/mol. The van der Waals surface area contributed by atoms with Gasteiger partial charge in [-0.3, -0.25) is 4.90 Å². The molecule has 1 aliphatic rings. The van der Waals surface area contributed by atoms with Gasteiger partial charge in [-0.05, 0) is 19.4 Å². The minimum absolute atomic E-state index is 0.0422.